The molecule has 3 aliphatic rings. The van der Waals surface area contributed by atoms with Crippen molar-refractivity contribution in [2.75, 3.05) is 19.6 Å². The van der Waals surface area contributed by atoms with Gasteiger partial charge in [0.2, 0.25) is 5.91 Å². The van der Waals surface area contributed by atoms with Crippen molar-refractivity contribution in [2.45, 2.75) is 63.2 Å². The molecule has 1 aromatic carbocycles. The Balaban J connectivity index is 1.36. The SMILES string of the molecule is C#CCCC1(CCC(=O)N2CCN(Cc3ccccc3)C(C)(C3CC3)C2)N=N1. The molecule has 0 bridgehead atoms. The first-order valence-electron chi connectivity index (χ1n) is 10.5. The molecular weight excluding hydrogens is 348 g/mol. The molecule has 2 fully saturated rings. The van der Waals surface area contributed by atoms with Crippen molar-refractivity contribution >= 4 is 5.91 Å². The smallest absolute Gasteiger partial charge is 0.222 e. The largest absolute Gasteiger partial charge is 0.340 e. The van der Waals surface area contributed by atoms with Crippen molar-refractivity contribution in [3.05, 3.63) is 35.9 Å². The summed E-state index contributed by atoms with van der Waals surface area (Å²) in [6.45, 7) is 5.88. The quantitative estimate of drug-likeness (QED) is 0.645. The summed E-state index contributed by atoms with van der Waals surface area (Å²) < 4.78 is 0. The van der Waals surface area contributed by atoms with Gasteiger partial charge in [0, 0.05) is 57.4 Å². The van der Waals surface area contributed by atoms with Gasteiger partial charge in [0.05, 0.1) is 0 Å². The number of benzene rings is 1. The van der Waals surface area contributed by atoms with Gasteiger partial charge in [-0.3, -0.25) is 9.69 Å². The van der Waals surface area contributed by atoms with Gasteiger partial charge in [-0.2, -0.15) is 10.2 Å². The molecule has 4 rings (SSSR count). The summed E-state index contributed by atoms with van der Waals surface area (Å²) in [6.07, 6.45) is 10.5. The standard InChI is InChI=1S/C23H30N4O/c1-3-4-13-23(24-25-23)14-12-21(28)26-15-16-27(17-19-8-6-5-7-9-19)22(2,18-26)20-10-11-20/h1,5-9,20H,4,10-18H2,2H3. The molecule has 0 radical (unpaired) electrons. The fourth-order valence-corrected chi connectivity index (χ4v) is 4.56. The molecule has 1 saturated heterocycles. The van der Waals surface area contributed by atoms with E-state index in [1.54, 1.807) is 0 Å². The average Bonchev–Trinajstić information content (AvgIpc) is 3.62. The Kier molecular flexibility index (Phi) is 5.25. The van der Waals surface area contributed by atoms with Crippen LogP contribution in [0.1, 0.15) is 51.0 Å². The number of rotatable bonds is 8. The Labute approximate surface area is 168 Å². The van der Waals surface area contributed by atoms with Crippen LogP contribution in [-0.2, 0) is 11.3 Å². The zero-order chi connectivity index (χ0) is 19.6. The molecule has 28 heavy (non-hydrogen) atoms. The topological polar surface area (TPSA) is 48.3 Å². The van der Waals surface area contributed by atoms with Crippen LogP contribution in [0, 0.1) is 18.3 Å². The Hall–Kier alpha value is -2.19. The number of nitrogens with zero attached hydrogens (tertiary/aromatic N) is 4. The van der Waals surface area contributed by atoms with E-state index in [1.165, 1.54) is 18.4 Å². The molecule has 1 aromatic rings. The van der Waals surface area contributed by atoms with Gasteiger partial charge in [-0.05, 0) is 31.2 Å². The summed E-state index contributed by atoms with van der Waals surface area (Å²) in [7, 11) is 0. The highest BCUT2D eigenvalue weighted by Crippen LogP contribution is 2.45. The van der Waals surface area contributed by atoms with Crippen molar-refractivity contribution in [3.8, 4) is 12.3 Å². The van der Waals surface area contributed by atoms with Gasteiger partial charge in [-0.15, -0.1) is 12.3 Å². The van der Waals surface area contributed by atoms with E-state index in [2.05, 4.69) is 63.2 Å². The highest BCUT2D eigenvalue weighted by atomic mass is 16.2. The third-order valence-electron chi connectivity index (χ3n) is 6.69. The van der Waals surface area contributed by atoms with Gasteiger partial charge in [0.25, 0.3) is 0 Å². The van der Waals surface area contributed by atoms with Crippen LogP contribution in [0.4, 0.5) is 0 Å². The summed E-state index contributed by atoms with van der Waals surface area (Å²) in [6, 6.07) is 10.7. The van der Waals surface area contributed by atoms with Gasteiger partial charge >= 0.3 is 0 Å². The summed E-state index contributed by atoms with van der Waals surface area (Å²) in [4.78, 5) is 17.6. The van der Waals surface area contributed by atoms with Crippen molar-refractivity contribution in [2.24, 2.45) is 16.1 Å². The normalized spacial score (nSPS) is 26.1. The maximum Gasteiger partial charge on any atom is 0.222 e. The first-order chi connectivity index (χ1) is 13.5. The second kappa shape index (κ2) is 7.67. The number of carbonyl (C=O) groups is 1. The molecule has 1 unspecified atom stereocenters. The van der Waals surface area contributed by atoms with E-state index in [0.29, 0.717) is 25.2 Å². The minimum Gasteiger partial charge on any atom is -0.340 e. The van der Waals surface area contributed by atoms with Crippen LogP contribution in [0.5, 0.6) is 0 Å². The molecule has 1 amide bonds. The zero-order valence-corrected chi connectivity index (χ0v) is 16.8. The number of piperazine rings is 1. The van der Waals surface area contributed by atoms with E-state index in [4.69, 9.17) is 6.42 Å². The van der Waals surface area contributed by atoms with Gasteiger partial charge in [-0.1, -0.05) is 30.3 Å². The Bertz CT molecular complexity index is 774. The molecule has 2 heterocycles. The molecule has 0 N–H and O–H groups in total. The number of terminal acetylenes is 1. The summed E-state index contributed by atoms with van der Waals surface area (Å²) >= 11 is 0. The number of carbonyl (C=O) groups excluding carboxylic acids is 1. The molecule has 1 aliphatic carbocycles. The molecule has 1 atom stereocenters. The summed E-state index contributed by atoms with van der Waals surface area (Å²) in [5.74, 6) is 3.58. The van der Waals surface area contributed by atoms with E-state index < -0.39 is 0 Å². The lowest BCUT2D eigenvalue weighted by atomic mass is 9.89. The van der Waals surface area contributed by atoms with Gasteiger partial charge in [0.1, 0.15) is 0 Å². The highest BCUT2D eigenvalue weighted by Gasteiger charge is 2.49. The van der Waals surface area contributed by atoms with Gasteiger partial charge in [-0.25, -0.2) is 0 Å². The highest BCUT2D eigenvalue weighted by molar-refractivity contribution is 5.76. The van der Waals surface area contributed by atoms with Crippen molar-refractivity contribution in [1.82, 2.24) is 9.80 Å². The molecule has 2 aliphatic heterocycles. The lowest BCUT2D eigenvalue weighted by Gasteiger charge is -2.50. The number of hydrogen-bond acceptors (Lipinski definition) is 4. The van der Waals surface area contributed by atoms with E-state index in [-0.39, 0.29) is 17.1 Å². The maximum atomic E-state index is 12.9. The fraction of sp³-hybridized carbons (Fsp3) is 0.609. The van der Waals surface area contributed by atoms with Gasteiger partial charge in [0.15, 0.2) is 5.66 Å². The van der Waals surface area contributed by atoms with E-state index in [0.717, 1.165) is 32.6 Å². The van der Waals surface area contributed by atoms with Crippen molar-refractivity contribution in [1.29, 1.82) is 0 Å². The first kappa shape index (κ1) is 19.1. The number of hydrogen-bond donors (Lipinski definition) is 0. The maximum absolute atomic E-state index is 12.9. The average molecular weight is 379 g/mol. The molecule has 0 aromatic heterocycles. The van der Waals surface area contributed by atoms with Crippen LogP contribution in [0.2, 0.25) is 0 Å². The Morgan fingerprint density at radius 1 is 1.21 bits per heavy atom. The van der Waals surface area contributed by atoms with Crippen molar-refractivity contribution < 1.29 is 4.79 Å². The monoisotopic (exact) mass is 378 g/mol. The third kappa shape index (κ3) is 4.12. The molecule has 1 saturated carbocycles. The molecule has 5 heteroatoms. The fourth-order valence-electron chi connectivity index (χ4n) is 4.56. The van der Waals surface area contributed by atoms with Crippen molar-refractivity contribution in [3.63, 3.8) is 0 Å². The first-order valence-corrected chi connectivity index (χ1v) is 10.5. The summed E-state index contributed by atoms with van der Waals surface area (Å²) in [5, 5.41) is 8.33. The number of amides is 1. The Morgan fingerprint density at radius 3 is 2.61 bits per heavy atom. The third-order valence-corrected chi connectivity index (χ3v) is 6.69. The lowest BCUT2D eigenvalue weighted by molar-refractivity contribution is -0.138. The minimum atomic E-state index is -0.364. The van der Waals surface area contributed by atoms with Crippen LogP contribution in [-0.4, -0.2) is 46.5 Å². The van der Waals surface area contributed by atoms with Crippen LogP contribution in [0.3, 0.4) is 0 Å². The van der Waals surface area contributed by atoms with E-state index in [1.807, 2.05) is 0 Å². The van der Waals surface area contributed by atoms with Gasteiger partial charge < -0.3 is 4.90 Å². The predicted molar refractivity (Wildman–Crippen MR) is 109 cm³/mol. The van der Waals surface area contributed by atoms with Crippen LogP contribution in [0.15, 0.2) is 40.6 Å². The molecule has 0 spiro atoms. The molecular formula is C23H30N4O. The van der Waals surface area contributed by atoms with Crippen LogP contribution < -0.4 is 0 Å². The van der Waals surface area contributed by atoms with Crippen LogP contribution >= 0.6 is 0 Å². The zero-order valence-electron chi connectivity index (χ0n) is 16.8. The predicted octanol–water partition coefficient (Wildman–Crippen LogP) is 3.86. The molecule has 148 valence electrons. The second-order valence-electron chi connectivity index (χ2n) is 8.74. The Morgan fingerprint density at radius 2 is 1.96 bits per heavy atom. The molecule has 5 nitrogen and oxygen atoms in total. The second-order valence-corrected chi connectivity index (χ2v) is 8.74. The summed E-state index contributed by atoms with van der Waals surface area (Å²) in [5.41, 5.74) is 1.05. The lowest BCUT2D eigenvalue weighted by Crippen LogP contribution is -2.62. The van der Waals surface area contributed by atoms with E-state index >= 15 is 0 Å². The van der Waals surface area contributed by atoms with E-state index in [9.17, 15) is 4.79 Å². The minimum absolute atomic E-state index is 0.0687. The van der Waals surface area contributed by atoms with Crippen LogP contribution in [0.25, 0.3) is 0 Å².